The van der Waals surface area contributed by atoms with E-state index in [0.717, 1.165) is 26.6 Å². The number of halogens is 10. The minimum atomic E-state index is -6.64. The molecule has 0 aliphatic heterocycles. The van der Waals surface area contributed by atoms with Gasteiger partial charge in [-0.3, -0.25) is 0 Å². The lowest BCUT2D eigenvalue weighted by atomic mass is 9.99. The number of hydrogen-bond acceptors (Lipinski definition) is 5. The van der Waals surface area contributed by atoms with Gasteiger partial charge in [-0.1, -0.05) is 17.7 Å². The van der Waals surface area contributed by atoms with Crippen LogP contribution in [0.4, 0.5) is 39.5 Å². The minimum Gasteiger partial charge on any atom is -0.465 e. The van der Waals surface area contributed by atoms with E-state index >= 15 is 0 Å². The highest BCUT2D eigenvalue weighted by Crippen LogP contribution is 2.55. The highest BCUT2D eigenvalue weighted by Gasteiger charge is 2.76. The number of esters is 1. The monoisotopic (exact) mass is 550 g/mol. The zero-order valence-electron chi connectivity index (χ0n) is 17.8. The first-order chi connectivity index (χ1) is 16.5. The molecule has 196 valence electrons. The quantitative estimate of drug-likeness (QED) is 0.295. The summed E-state index contributed by atoms with van der Waals surface area (Å²) in [6.45, 7) is -3.95. The van der Waals surface area contributed by atoms with E-state index in [1.165, 1.54) is 18.2 Å². The fourth-order valence-electron chi connectivity index (χ4n) is 3.16. The SMILES string of the molecule is COC(=O)c1cc(-c2cnn(-c3c(OC(F)F)c(C(F)(C(F)(F)F)C(F)(F)F)nn3C)c2)ccc1Cl. The molecule has 17 heteroatoms. The molecule has 7 nitrogen and oxygen atoms in total. The molecule has 0 aliphatic carbocycles. The molecule has 0 N–H and O–H groups in total. The molecule has 0 unspecified atom stereocenters. The lowest BCUT2D eigenvalue weighted by molar-refractivity contribution is -0.350. The molecule has 0 saturated carbocycles. The first kappa shape index (κ1) is 27.2. The van der Waals surface area contributed by atoms with Crippen LogP contribution >= 0.6 is 11.6 Å². The normalized spacial score (nSPS) is 12.8. The number of carbonyl (C=O) groups is 1. The Bertz CT molecular complexity index is 1270. The van der Waals surface area contributed by atoms with E-state index in [2.05, 4.69) is 19.7 Å². The number of ether oxygens (including phenoxy) is 2. The Morgan fingerprint density at radius 2 is 1.67 bits per heavy atom. The van der Waals surface area contributed by atoms with E-state index in [4.69, 9.17) is 11.6 Å². The van der Waals surface area contributed by atoms with Crippen molar-refractivity contribution in [1.29, 1.82) is 0 Å². The average molecular weight is 551 g/mol. The van der Waals surface area contributed by atoms with Crippen LogP contribution in [0.5, 0.6) is 5.75 Å². The molecule has 3 aromatic rings. The lowest BCUT2D eigenvalue weighted by Gasteiger charge is -2.28. The molecule has 0 spiro atoms. The first-order valence-corrected chi connectivity index (χ1v) is 9.68. The molecule has 0 atom stereocenters. The van der Waals surface area contributed by atoms with Gasteiger partial charge >= 0.3 is 30.6 Å². The molecule has 0 saturated heterocycles. The third kappa shape index (κ3) is 4.56. The van der Waals surface area contributed by atoms with Gasteiger partial charge in [0.1, 0.15) is 0 Å². The molecule has 0 radical (unpaired) electrons. The highest BCUT2D eigenvalue weighted by atomic mass is 35.5. The van der Waals surface area contributed by atoms with Crippen molar-refractivity contribution >= 4 is 17.6 Å². The molecule has 0 fully saturated rings. The number of carbonyl (C=O) groups excluding carboxylic acids is 1. The Morgan fingerprint density at radius 1 is 1.06 bits per heavy atom. The van der Waals surface area contributed by atoms with Gasteiger partial charge in [0.05, 0.1) is 23.9 Å². The van der Waals surface area contributed by atoms with E-state index in [0.29, 0.717) is 4.68 Å². The molecule has 0 bridgehead atoms. The molecule has 2 aromatic heterocycles. The summed E-state index contributed by atoms with van der Waals surface area (Å²) in [4.78, 5) is 11.8. The summed E-state index contributed by atoms with van der Waals surface area (Å²) < 4.78 is 130. The Balaban J connectivity index is 2.22. The van der Waals surface area contributed by atoms with Crippen LogP contribution in [0, 0.1) is 0 Å². The Hall–Kier alpha value is -3.43. The van der Waals surface area contributed by atoms with Crippen molar-refractivity contribution in [1.82, 2.24) is 19.6 Å². The zero-order valence-corrected chi connectivity index (χ0v) is 18.5. The molecular formula is C19H12ClF9N4O3. The van der Waals surface area contributed by atoms with Crippen molar-refractivity contribution in [3.63, 3.8) is 0 Å². The van der Waals surface area contributed by atoms with Gasteiger partial charge in [-0.15, -0.1) is 0 Å². The molecule has 0 aliphatic rings. The van der Waals surface area contributed by atoms with E-state index < -0.39 is 47.9 Å². The van der Waals surface area contributed by atoms with Gasteiger partial charge in [-0.25, -0.2) is 18.5 Å². The second kappa shape index (κ2) is 9.22. The predicted molar refractivity (Wildman–Crippen MR) is 104 cm³/mol. The van der Waals surface area contributed by atoms with Crippen LogP contribution in [0.1, 0.15) is 16.1 Å². The summed E-state index contributed by atoms with van der Waals surface area (Å²) in [5.41, 5.74) is -8.42. The third-order valence-corrected chi connectivity index (χ3v) is 5.12. The average Bonchev–Trinajstić information content (AvgIpc) is 3.35. The maximum Gasteiger partial charge on any atom is 0.437 e. The molecule has 1 aromatic carbocycles. The van der Waals surface area contributed by atoms with Crippen molar-refractivity contribution in [2.24, 2.45) is 7.05 Å². The van der Waals surface area contributed by atoms with Crippen molar-refractivity contribution < 1.29 is 53.8 Å². The van der Waals surface area contributed by atoms with Crippen LogP contribution in [-0.2, 0) is 17.5 Å². The van der Waals surface area contributed by atoms with Gasteiger partial charge < -0.3 is 9.47 Å². The van der Waals surface area contributed by atoms with Gasteiger partial charge in [-0.05, 0) is 17.7 Å². The standard InChI is InChI=1S/C19H12ClF9N4O3/c1-32-14(12(36-16(21)22)13(31-32)17(23,18(24,25)26)19(27,28)29)33-7-9(6-30-33)8-3-4-11(20)10(5-8)15(34)35-2/h3-7,16H,1-2H3. The maximum atomic E-state index is 14.7. The van der Waals surface area contributed by atoms with Gasteiger partial charge in [0.15, 0.2) is 17.3 Å². The summed E-state index contributed by atoms with van der Waals surface area (Å²) >= 11 is 5.93. The van der Waals surface area contributed by atoms with Crippen molar-refractivity contribution in [2.45, 2.75) is 24.6 Å². The van der Waals surface area contributed by atoms with E-state index in [-0.39, 0.29) is 26.4 Å². The van der Waals surface area contributed by atoms with Crippen LogP contribution in [0.3, 0.4) is 0 Å². The number of methoxy groups -OCH3 is 1. The second-order valence-corrected chi connectivity index (χ2v) is 7.42. The molecular weight excluding hydrogens is 539 g/mol. The molecule has 0 amide bonds. The number of benzene rings is 1. The van der Waals surface area contributed by atoms with Crippen LogP contribution in [-0.4, -0.2) is 51.6 Å². The van der Waals surface area contributed by atoms with Crippen LogP contribution in [0.25, 0.3) is 16.9 Å². The largest absolute Gasteiger partial charge is 0.465 e. The summed E-state index contributed by atoms with van der Waals surface area (Å²) in [6, 6.07) is 3.90. The van der Waals surface area contributed by atoms with Crippen LogP contribution in [0.2, 0.25) is 5.02 Å². The minimum absolute atomic E-state index is 0.000440. The summed E-state index contributed by atoms with van der Waals surface area (Å²) in [6.07, 6.45) is -11.3. The predicted octanol–water partition coefficient (Wildman–Crippen LogP) is 5.60. The first-order valence-electron chi connectivity index (χ1n) is 9.30. The van der Waals surface area contributed by atoms with E-state index in [1.807, 2.05) is 0 Å². The molecule has 36 heavy (non-hydrogen) atoms. The highest BCUT2D eigenvalue weighted by molar-refractivity contribution is 6.33. The second-order valence-electron chi connectivity index (χ2n) is 7.02. The maximum absolute atomic E-state index is 14.7. The number of nitrogens with zero attached hydrogens (tertiary/aromatic N) is 4. The summed E-state index contributed by atoms with van der Waals surface area (Å²) in [5, 5.41) is 6.62. The van der Waals surface area contributed by atoms with Crippen LogP contribution in [0.15, 0.2) is 30.6 Å². The molecule has 3 rings (SSSR count). The Kier molecular flexibility index (Phi) is 6.96. The number of rotatable bonds is 6. The Labute approximate surface area is 199 Å². The fourth-order valence-corrected chi connectivity index (χ4v) is 3.35. The number of hydrogen-bond donors (Lipinski definition) is 0. The Morgan fingerprint density at radius 3 is 2.19 bits per heavy atom. The van der Waals surface area contributed by atoms with Gasteiger partial charge in [-0.2, -0.15) is 45.3 Å². The third-order valence-electron chi connectivity index (χ3n) is 4.79. The number of aromatic nitrogens is 4. The fraction of sp³-hybridized carbons (Fsp3) is 0.316. The summed E-state index contributed by atoms with van der Waals surface area (Å²) in [5.74, 6) is -3.64. The molecule has 2 heterocycles. The lowest BCUT2D eigenvalue weighted by Crippen LogP contribution is -2.51. The van der Waals surface area contributed by atoms with Gasteiger partial charge in [0, 0.05) is 18.8 Å². The van der Waals surface area contributed by atoms with Crippen LogP contribution < -0.4 is 4.74 Å². The van der Waals surface area contributed by atoms with E-state index in [1.54, 1.807) is 0 Å². The smallest absolute Gasteiger partial charge is 0.437 e. The topological polar surface area (TPSA) is 71.2 Å². The summed E-state index contributed by atoms with van der Waals surface area (Å²) in [7, 11) is 1.85. The number of alkyl halides is 9. The van der Waals surface area contributed by atoms with Crippen molar-refractivity contribution in [3.05, 3.63) is 46.9 Å². The number of aryl methyl sites for hydroxylation is 1. The van der Waals surface area contributed by atoms with E-state index in [9.17, 15) is 44.3 Å². The zero-order chi connectivity index (χ0) is 27.2. The van der Waals surface area contributed by atoms with Gasteiger partial charge in [0.25, 0.3) is 0 Å². The van der Waals surface area contributed by atoms with Crippen molar-refractivity contribution in [2.75, 3.05) is 7.11 Å². The van der Waals surface area contributed by atoms with Gasteiger partial charge in [0.2, 0.25) is 0 Å². The van der Waals surface area contributed by atoms with Crippen molar-refractivity contribution in [3.8, 4) is 22.7 Å².